The van der Waals surface area contributed by atoms with Crippen LogP contribution in [0, 0.1) is 11.8 Å². The monoisotopic (exact) mass is 247 g/mol. The first-order valence-corrected chi connectivity index (χ1v) is 7.06. The van der Waals surface area contributed by atoms with E-state index in [1.165, 1.54) is 31.2 Å². The summed E-state index contributed by atoms with van der Waals surface area (Å²) in [5.74, 6) is 1.69. The van der Waals surface area contributed by atoms with Gasteiger partial charge in [-0.2, -0.15) is 0 Å². The van der Waals surface area contributed by atoms with Crippen molar-refractivity contribution in [2.45, 2.75) is 45.1 Å². The van der Waals surface area contributed by atoms with Gasteiger partial charge in [-0.25, -0.2) is 0 Å². The number of nitrogens with two attached hydrogens (primary N) is 1. The summed E-state index contributed by atoms with van der Waals surface area (Å²) >= 11 is 0. The molecule has 1 aliphatic carbocycles. The van der Waals surface area contributed by atoms with E-state index in [0.29, 0.717) is 6.04 Å². The van der Waals surface area contributed by atoms with Gasteiger partial charge in [0.25, 0.3) is 0 Å². The Bertz CT molecular complexity index is 370. The summed E-state index contributed by atoms with van der Waals surface area (Å²) in [5, 5.41) is 3.48. The van der Waals surface area contributed by atoms with Gasteiger partial charge in [-0.15, -0.1) is 0 Å². The van der Waals surface area contributed by atoms with E-state index in [-0.39, 0.29) is 0 Å². The SMILES string of the molecule is CNC(Cc1cnccc1N)C1CCC(C)CC1. The lowest BCUT2D eigenvalue weighted by molar-refractivity contribution is 0.235. The fraction of sp³-hybridized carbons (Fsp3) is 0.667. The normalized spacial score (nSPS) is 25.9. The zero-order valence-electron chi connectivity index (χ0n) is 11.5. The van der Waals surface area contributed by atoms with Gasteiger partial charge in [-0.05, 0) is 49.8 Å². The van der Waals surface area contributed by atoms with Gasteiger partial charge in [0.15, 0.2) is 0 Å². The van der Waals surface area contributed by atoms with Crippen LogP contribution in [-0.4, -0.2) is 18.1 Å². The number of pyridine rings is 1. The van der Waals surface area contributed by atoms with Gasteiger partial charge < -0.3 is 11.1 Å². The molecule has 0 spiro atoms. The third-order valence-electron chi connectivity index (χ3n) is 4.38. The Morgan fingerprint density at radius 3 is 2.72 bits per heavy atom. The molecule has 0 amide bonds. The molecule has 1 aromatic rings. The molecule has 2 rings (SSSR count). The molecule has 100 valence electrons. The van der Waals surface area contributed by atoms with Gasteiger partial charge in [0.2, 0.25) is 0 Å². The number of hydrogen-bond donors (Lipinski definition) is 2. The lowest BCUT2D eigenvalue weighted by atomic mass is 9.78. The maximum atomic E-state index is 6.01. The second kappa shape index (κ2) is 6.19. The lowest BCUT2D eigenvalue weighted by Crippen LogP contribution is -2.37. The second-order valence-electron chi connectivity index (χ2n) is 5.69. The fourth-order valence-corrected chi connectivity index (χ4v) is 3.04. The van der Waals surface area contributed by atoms with Crippen molar-refractivity contribution in [3.8, 4) is 0 Å². The van der Waals surface area contributed by atoms with Crippen molar-refractivity contribution >= 4 is 5.69 Å². The van der Waals surface area contributed by atoms with Crippen LogP contribution < -0.4 is 11.1 Å². The Hall–Kier alpha value is -1.09. The Morgan fingerprint density at radius 1 is 1.39 bits per heavy atom. The highest BCUT2D eigenvalue weighted by molar-refractivity contribution is 5.44. The van der Waals surface area contributed by atoms with Crippen LogP contribution in [0.15, 0.2) is 18.5 Å². The van der Waals surface area contributed by atoms with E-state index in [1.54, 1.807) is 6.20 Å². The highest BCUT2D eigenvalue weighted by Gasteiger charge is 2.25. The van der Waals surface area contributed by atoms with Crippen LogP contribution >= 0.6 is 0 Å². The first kappa shape index (κ1) is 13.3. The quantitative estimate of drug-likeness (QED) is 0.860. The molecule has 1 aliphatic rings. The molecule has 0 radical (unpaired) electrons. The number of rotatable bonds is 4. The first-order chi connectivity index (χ1) is 8.70. The molecule has 1 heterocycles. The number of likely N-dealkylation sites (N-methyl/N-ethyl adjacent to an activating group) is 1. The molecule has 0 aliphatic heterocycles. The molecular formula is C15H25N3. The van der Waals surface area contributed by atoms with Crippen molar-refractivity contribution in [1.29, 1.82) is 0 Å². The molecule has 1 atom stereocenters. The van der Waals surface area contributed by atoms with Crippen molar-refractivity contribution in [3.05, 3.63) is 24.0 Å². The Kier molecular flexibility index (Phi) is 4.59. The van der Waals surface area contributed by atoms with Crippen LogP contribution in [0.5, 0.6) is 0 Å². The Balaban J connectivity index is 1.99. The molecular weight excluding hydrogens is 222 g/mol. The van der Waals surface area contributed by atoms with E-state index in [0.717, 1.165) is 23.9 Å². The van der Waals surface area contributed by atoms with E-state index >= 15 is 0 Å². The summed E-state index contributed by atoms with van der Waals surface area (Å²) < 4.78 is 0. The van der Waals surface area contributed by atoms with Crippen molar-refractivity contribution in [1.82, 2.24) is 10.3 Å². The standard InChI is InChI=1S/C15H25N3/c1-11-3-5-12(6-4-11)15(17-2)9-13-10-18-8-7-14(13)16/h7-8,10-12,15,17H,3-6,9H2,1-2H3,(H2,16,18). The average molecular weight is 247 g/mol. The van der Waals surface area contributed by atoms with Gasteiger partial charge in [-0.1, -0.05) is 19.8 Å². The highest BCUT2D eigenvalue weighted by atomic mass is 14.9. The number of nitrogens with zero attached hydrogens (tertiary/aromatic N) is 1. The van der Waals surface area contributed by atoms with Crippen LogP contribution in [0.1, 0.15) is 38.2 Å². The predicted molar refractivity (Wildman–Crippen MR) is 76.3 cm³/mol. The minimum Gasteiger partial charge on any atom is -0.398 e. The largest absolute Gasteiger partial charge is 0.398 e. The minimum absolute atomic E-state index is 0.531. The number of anilines is 1. The molecule has 0 aromatic carbocycles. The fourth-order valence-electron chi connectivity index (χ4n) is 3.04. The third-order valence-corrected chi connectivity index (χ3v) is 4.38. The topological polar surface area (TPSA) is 50.9 Å². The van der Waals surface area contributed by atoms with Crippen molar-refractivity contribution in [2.24, 2.45) is 11.8 Å². The molecule has 18 heavy (non-hydrogen) atoms. The summed E-state index contributed by atoms with van der Waals surface area (Å²) in [4.78, 5) is 4.18. The molecule has 1 saturated carbocycles. The molecule has 1 aromatic heterocycles. The third kappa shape index (κ3) is 3.22. The molecule has 3 N–H and O–H groups in total. The number of nitrogens with one attached hydrogen (secondary N) is 1. The molecule has 0 saturated heterocycles. The summed E-state index contributed by atoms with van der Waals surface area (Å²) in [6.07, 6.45) is 10.1. The van der Waals surface area contributed by atoms with Gasteiger partial charge in [0.05, 0.1) is 0 Å². The molecule has 1 unspecified atom stereocenters. The van der Waals surface area contributed by atoms with Gasteiger partial charge in [0.1, 0.15) is 0 Å². The van der Waals surface area contributed by atoms with E-state index < -0.39 is 0 Å². The van der Waals surface area contributed by atoms with Gasteiger partial charge >= 0.3 is 0 Å². The average Bonchev–Trinajstić information content (AvgIpc) is 2.39. The minimum atomic E-state index is 0.531. The summed E-state index contributed by atoms with van der Waals surface area (Å²) in [5.41, 5.74) is 8.05. The second-order valence-corrected chi connectivity index (χ2v) is 5.69. The van der Waals surface area contributed by atoms with Gasteiger partial charge in [0, 0.05) is 24.1 Å². The van der Waals surface area contributed by atoms with Crippen LogP contribution in [0.3, 0.4) is 0 Å². The summed E-state index contributed by atoms with van der Waals surface area (Å²) in [6, 6.07) is 2.43. The molecule has 1 fully saturated rings. The number of aromatic nitrogens is 1. The first-order valence-electron chi connectivity index (χ1n) is 7.06. The zero-order chi connectivity index (χ0) is 13.0. The van der Waals surface area contributed by atoms with Crippen molar-refractivity contribution in [2.75, 3.05) is 12.8 Å². The van der Waals surface area contributed by atoms with E-state index in [4.69, 9.17) is 5.73 Å². The lowest BCUT2D eigenvalue weighted by Gasteiger charge is -2.32. The molecule has 0 bridgehead atoms. The highest BCUT2D eigenvalue weighted by Crippen LogP contribution is 2.31. The van der Waals surface area contributed by atoms with Crippen molar-refractivity contribution < 1.29 is 0 Å². The zero-order valence-corrected chi connectivity index (χ0v) is 11.5. The Labute approximate surface area is 110 Å². The summed E-state index contributed by atoms with van der Waals surface area (Å²) in [6.45, 7) is 2.36. The van der Waals surface area contributed by atoms with Crippen LogP contribution in [0.4, 0.5) is 5.69 Å². The maximum absolute atomic E-state index is 6.01. The van der Waals surface area contributed by atoms with Crippen molar-refractivity contribution in [3.63, 3.8) is 0 Å². The van der Waals surface area contributed by atoms with Gasteiger partial charge in [-0.3, -0.25) is 4.98 Å². The van der Waals surface area contributed by atoms with E-state index in [2.05, 4.69) is 24.3 Å². The Morgan fingerprint density at radius 2 is 2.11 bits per heavy atom. The van der Waals surface area contributed by atoms with Crippen LogP contribution in [0.25, 0.3) is 0 Å². The maximum Gasteiger partial charge on any atom is 0.0378 e. The smallest absolute Gasteiger partial charge is 0.0378 e. The summed E-state index contributed by atoms with van der Waals surface area (Å²) in [7, 11) is 2.06. The van der Waals surface area contributed by atoms with Crippen LogP contribution in [0.2, 0.25) is 0 Å². The number of nitrogen functional groups attached to an aromatic ring is 1. The van der Waals surface area contributed by atoms with E-state index in [1.807, 2.05) is 12.3 Å². The van der Waals surface area contributed by atoms with E-state index in [9.17, 15) is 0 Å². The predicted octanol–water partition coefficient (Wildman–Crippen LogP) is 2.62. The number of hydrogen-bond acceptors (Lipinski definition) is 3. The molecule has 3 heteroatoms. The van der Waals surface area contributed by atoms with Crippen LogP contribution in [-0.2, 0) is 6.42 Å². The molecule has 3 nitrogen and oxygen atoms in total.